The van der Waals surface area contributed by atoms with E-state index in [0.717, 1.165) is 0 Å². The van der Waals surface area contributed by atoms with Crippen LogP contribution in [0.4, 0.5) is 4.79 Å². The van der Waals surface area contributed by atoms with E-state index in [1.165, 1.54) is 12.7 Å². The second-order valence-corrected chi connectivity index (χ2v) is 1.57. The summed E-state index contributed by atoms with van der Waals surface area (Å²) in [4.78, 5) is 21.4. The van der Waals surface area contributed by atoms with Gasteiger partial charge in [0.2, 0.25) is 7.85 Å². The van der Waals surface area contributed by atoms with Gasteiger partial charge in [0.15, 0.2) is 5.81 Å². The molecule has 0 aromatic heterocycles. The predicted molar refractivity (Wildman–Crippen MR) is 32.6 cm³/mol. The topological polar surface area (TPSA) is 37.4 Å². The molecule has 0 radical (unpaired) electrons. The summed E-state index contributed by atoms with van der Waals surface area (Å²) in [5.41, 5.74) is 0. The molecule has 0 rings (SSSR count). The molecule has 0 aromatic rings. The van der Waals surface area contributed by atoms with Gasteiger partial charge in [-0.15, -0.1) is 0 Å². The van der Waals surface area contributed by atoms with Crippen molar-refractivity contribution in [3.63, 3.8) is 0 Å². The second-order valence-electron chi connectivity index (χ2n) is 1.57. The zero-order chi connectivity index (χ0) is 6.57. The van der Waals surface area contributed by atoms with Gasteiger partial charge < -0.3 is 9.69 Å². The van der Waals surface area contributed by atoms with Crippen LogP contribution < -0.4 is 0 Å². The first-order valence-corrected chi connectivity index (χ1v) is 2.34. The Morgan fingerprint density at radius 2 is 2.38 bits per heavy atom. The standard InChI is InChI=1S/C4H8BNO2/c1-6(2-3-7)4(5)8/h3H,2,5H2,1H3. The first-order chi connectivity index (χ1) is 3.68. The van der Waals surface area contributed by atoms with Crippen LogP contribution in [0.5, 0.6) is 0 Å². The van der Waals surface area contributed by atoms with Crippen molar-refractivity contribution in [2.45, 2.75) is 0 Å². The number of hydrogen-bond donors (Lipinski definition) is 0. The van der Waals surface area contributed by atoms with Crippen LogP contribution in [0.25, 0.3) is 0 Å². The maximum absolute atomic E-state index is 10.3. The van der Waals surface area contributed by atoms with Crippen LogP contribution in [-0.2, 0) is 4.79 Å². The summed E-state index contributed by atoms with van der Waals surface area (Å²) < 4.78 is 0. The molecule has 8 heavy (non-hydrogen) atoms. The minimum atomic E-state index is -0.0860. The highest BCUT2D eigenvalue weighted by molar-refractivity contribution is 6.56. The Morgan fingerprint density at radius 1 is 1.88 bits per heavy atom. The molecular formula is C4H8BNO2. The van der Waals surface area contributed by atoms with E-state index in [4.69, 9.17) is 0 Å². The Kier molecular flexibility index (Phi) is 2.92. The Bertz CT molecular complexity index is 104. The van der Waals surface area contributed by atoms with Gasteiger partial charge in [0.1, 0.15) is 6.29 Å². The summed E-state index contributed by atoms with van der Waals surface area (Å²) in [5.74, 6) is -0.0860. The zero-order valence-electron chi connectivity index (χ0n) is 5.05. The first kappa shape index (κ1) is 7.20. The van der Waals surface area contributed by atoms with Crippen LogP contribution in [0.2, 0.25) is 0 Å². The van der Waals surface area contributed by atoms with E-state index in [9.17, 15) is 9.59 Å². The fourth-order valence-electron chi connectivity index (χ4n) is 0.240. The molecule has 0 aliphatic carbocycles. The molecule has 0 spiro atoms. The predicted octanol–water partition coefficient (Wildman–Crippen LogP) is -1.13. The Labute approximate surface area is 49.1 Å². The van der Waals surface area contributed by atoms with E-state index in [0.29, 0.717) is 6.29 Å². The lowest BCUT2D eigenvalue weighted by atomic mass is 10.1. The van der Waals surface area contributed by atoms with Gasteiger partial charge in [0, 0.05) is 7.05 Å². The molecule has 3 nitrogen and oxygen atoms in total. The van der Waals surface area contributed by atoms with Gasteiger partial charge in [0.25, 0.3) is 0 Å². The second kappa shape index (κ2) is 3.24. The molecule has 0 saturated carbocycles. The average Bonchev–Trinajstić information content (AvgIpc) is 1.67. The van der Waals surface area contributed by atoms with Crippen LogP contribution in [0.3, 0.4) is 0 Å². The number of aldehydes is 1. The Morgan fingerprint density at radius 3 is 2.50 bits per heavy atom. The van der Waals surface area contributed by atoms with Gasteiger partial charge in [-0.25, -0.2) is 0 Å². The molecular weight excluding hydrogens is 105 g/mol. The molecule has 0 aliphatic heterocycles. The normalized spacial score (nSPS) is 8.12. The summed E-state index contributed by atoms with van der Waals surface area (Å²) in [5, 5.41) is 0. The Balaban J connectivity index is 3.46. The molecule has 0 unspecified atom stereocenters. The number of likely N-dealkylation sites (N-methyl/N-ethyl adjacent to an activating group) is 1. The van der Waals surface area contributed by atoms with Crippen LogP contribution in [-0.4, -0.2) is 38.4 Å². The lowest BCUT2D eigenvalue weighted by Gasteiger charge is -2.08. The molecule has 0 N–H and O–H groups in total. The Hall–Kier alpha value is -0.795. The molecule has 4 heteroatoms. The van der Waals surface area contributed by atoms with Crippen molar-refractivity contribution < 1.29 is 9.59 Å². The maximum Gasteiger partial charge on any atom is 0.215 e. The highest BCUT2D eigenvalue weighted by atomic mass is 16.2. The highest BCUT2D eigenvalue weighted by Gasteiger charge is 1.96. The number of rotatable bonds is 2. The fraction of sp³-hybridized carbons (Fsp3) is 0.500. The van der Waals surface area contributed by atoms with E-state index < -0.39 is 0 Å². The van der Waals surface area contributed by atoms with Crippen LogP contribution >= 0.6 is 0 Å². The SMILES string of the molecule is BC(=O)N(C)CC=O. The monoisotopic (exact) mass is 113 g/mol. The fourth-order valence-corrected chi connectivity index (χ4v) is 0.240. The number of nitrogens with zero attached hydrogens (tertiary/aromatic N) is 1. The van der Waals surface area contributed by atoms with Crippen LogP contribution in [0.15, 0.2) is 0 Å². The number of hydrogen-bond acceptors (Lipinski definition) is 2. The molecule has 44 valence electrons. The van der Waals surface area contributed by atoms with Crippen LogP contribution in [0.1, 0.15) is 0 Å². The summed E-state index contributed by atoms with van der Waals surface area (Å²) in [7, 11) is 3.00. The molecule has 0 heterocycles. The summed E-state index contributed by atoms with van der Waals surface area (Å²) in [6, 6.07) is 0. The number of carbonyl (C=O) groups is 2. The van der Waals surface area contributed by atoms with E-state index >= 15 is 0 Å². The van der Waals surface area contributed by atoms with Gasteiger partial charge in [-0.3, -0.25) is 4.79 Å². The highest BCUT2D eigenvalue weighted by Crippen LogP contribution is 1.76. The van der Waals surface area contributed by atoms with E-state index in [1.807, 2.05) is 0 Å². The molecule has 0 aliphatic rings. The maximum atomic E-state index is 10.3. The van der Waals surface area contributed by atoms with Crippen molar-refractivity contribution in [2.75, 3.05) is 13.6 Å². The van der Waals surface area contributed by atoms with E-state index in [2.05, 4.69) is 0 Å². The summed E-state index contributed by atoms with van der Waals surface area (Å²) >= 11 is 0. The third-order valence-electron chi connectivity index (χ3n) is 0.886. The van der Waals surface area contributed by atoms with E-state index in [-0.39, 0.29) is 12.4 Å². The minimum Gasteiger partial charge on any atom is -0.348 e. The van der Waals surface area contributed by atoms with Crippen molar-refractivity contribution in [3.05, 3.63) is 0 Å². The average molecular weight is 113 g/mol. The lowest BCUT2D eigenvalue weighted by molar-refractivity contribution is -0.108. The molecule has 0 bridgehead atoms. The summed E-state index contributed by atoms with van der Waals surface area (Å²) in [6.07, 6.45) is 0.696. The van der Waals surface area contributed by atoms with Crippen molar-refractivity contribution in [3.8, 4) is 0 Å². The smallest absolute Gasteiger partial charge is 0.215 e. The van der Waals surface area contributed by atoms with E-state index in [1.54, 1.807) is 7.05 Å². The van der Waals surface area contributed by atoms with Crippen molar-refractivity contribution >= 4 is 19.9 Å². The van der Waals surface area contributed by atoms with Gasteiger partial charge in [-0.1, -0.05) is 0 Å². The third kappa shape index (κ3) is 2.39. The largest absolute Gasteiger partial charge is 0.348 e. The van der Waals surface area contributed by atoms with Gasteiger partial charge >= 0.3 is 0 Å². The minimum absolute atomic E-state index is 0.0860. The zero-order valence-corrected chi connectivity index (χ0v) is 5.05. The van der Waals surface area contributed by atoms with Gasteiger partial charge in [-0.05, 0) is 0 Å². The molecule has 0 fully saturated rings. The molecule has 0 atom stereocenters. The lowest BCUT2D eigenvalue weighted by Crippen LogP contribution is -2.26. The first-order valence-electron chi connectivity index (χ1n) is 2.34. The van der Waals surface area contributed by atoms with Gasteiger partial charge in [-0.2, -0.15) is 0 Å². The quantitative estimate of drug-likeness (QED) is 0.335. The van der Waals surface area contributed by atoms with Gasteiger partial charge in [0.05, 0.1) is 6.54 Å². The molecule has 0 aromatic carbocycles. The van der Waals surface area contributed by atoms with Crippen molar-refractivity contribution in [2.24, 2.45) is 0 Å². The number of carbonyl (C=O) groups excluding carboxylic acids is 2. The summed E-state index contributed by atoms with van der Waals surface area (Å²) in [6.45, 7) is 0.190. The number of amides is 1. The van der Waals surface area contributed by atoms with Crippen molar-refractivity contribution in [1.29, 1.82) is 0 Å². The van der Waals surface area contributed by atoms with Crippen LogP contribution in [0, 0.1) is 0 Å². The third-order valence-corrected chi connectivity index (χ3v) is 0.886. The van der Waals surface area contributed by atoms with Crippen molar-refractivity contribution in [1.82, 2.24) is 4.90 Å². The molecule has 0 saturated heterocycles. The molecule has 1 amide bonds.